The fourth-order valence-corrected chi connectivity index (χ4v) is 4.11. The minimum absolute atomic E-state index is 0.0707. The van der Waals surface area contributed by atoms with Crippen molar-refractivity contribution in [1.82, 2.24) is 15.5 Å². The van der Waals surface area contributed by atoms with Gasteiger partial charge in [-0.2, -0.15) is 0 Å². The molecule has 0 aromatic rings. The average molecular weight is 378 g/mol. The third-order valence-electron chi connectivity index (χ3n) is 4.98. The van der Waals surface area contributed by atoms with Crippen LogP contribution in [-0.4, -0.2) is 47.4 Å². The van der Waals surface area contributed by atoms with Gasteiger partial charge in [0.1, 0.15) is 11.7 Å². The highest BCUT2D eigenvalue weighted by Crippen LogP contribution is 2.26. The van der Waals surface area contributed by atoms with Crippen molar-refractivity contribution in [3.8, 4) is 0 Å². The number of allylic oxidation sites excluding steroid dienone is 1. The maximum absolute atomic E-state index is 10.4. The maximum atomic E-state index is 10.4. The van der Waals surface area contributed by atoms with Gasteiger partial charge in [-0.15, -0.1) is 0 Å². The highest BCUT2D eigenvalue weighted by atomic mass is 35.5. The SMILES string of the molecule is CC(C)(C)C[C@H](O)N1CCC(NCC[C@H]2CC=C(Cl)N[C@H]2Cl)CC1. The Labute approximate surface area is 157 Å². The molecule has 3 N–H and O–H groups in total. The van der Waals surface area contributed by atoms with Gasteiger partial charge in [-0.1, -0.05) is 44.0 Å². The van der Waals surface area contributed by atoms with Crippen molar-refractivity contribution in [2.45, 2.75) is 70.6 Å². The van der Waals surface area contributed by atoms with Crippen molar-refractivity contribution in [3.63, 3.8) is 0 Å². The summed E-state index contributed by atoms with van der Waals surface area (Å²) in [5.74, 6) is 0.426. The zero-order valence-electron chi connectivity index (χ0n) is 15.2. The van der Waals surface area contributed by atoms with Crippen molar-refractivity contribution in [1.29, 1.82) is 0 Å². The van der Waals surface area contributed by atoms with Gasteiger partial charge < -0.3 is 15.7 Å². The van der Waals surface area contributed by atoms with Crippen molar-refractivity contribution in [3.05, 3.63) is 11.2 Å². The molecule has 6 heteroatoms. The van der Waals surface area contributed by atoms with E-state index in [0.717, 1.165) is 51.7 Å². The fourth-order valence-electron chi connectivity index (χ4n) is 3.50. The van der Waals surface area contributed by atoms with Gasteiger partial charge in [-0.3, -0.25) is 4.90 Å². The van der Waals surface area contributed by atoms with Crippen LogP contribution in [0.5, 0.6) is 0 Å². The molecule has 1 fully saturated rings. The number of aliphatic hydroxyl groups excluding tert-OH is 1. The van der Waals surface area contributed by atoms with E-state index >= 15 is 0 Å². The summed E-state index contributed by atoms with van der Waals surface area (Å²) in [5, 5.41) is 17.8. The standard InChI is InChI=1S/C18H33Cl2N3O/c1-18(2,3)12-16(24)23-10-7-14(8-11-23)21-9-6-13-4-5-15(19)22-17(13)20/h5,13-14,16-17,21-22,24H,4,6-12H2,1-3H3/t13-,16+,17-/m1/s1. The molecular formula is C18H33Cl2N3O. The van der Waals surface area contributed by atoms with Crippen molar-refractivity contribution >= 4 is 23.2 Å². The Morgan fingerprint density at radius 1 is 1.38 bits per heavy atom. The minimum atomic E-state index is -0.312. The zero-order chi connectivity index (χ0) is 17.7. The Bertz CT molecular complexity index is 417. The summed E-state index contributed by atoms with van der Waals surface area (Å²) in [4.78, 5) is 2.22. The first-order valence-electron chi connectivity index (χ1n) is 9.16. The lowest BCUT2D eigenvalue weighted by atomic mass is 9.90. The molecule has 2 aliphatic rings. The number of rotatable bonds is 6. The Kier molecular flexibility index (Phi) is 7.69. The van der Waals surface area contributed by atoms with Crippen LogP contribution in [0.2, 0.25) is 0 Å². The largest absolute Gasteiger partial charge is 0.378 e. The topological polar surface area (TPSA) is 47.5 Å². The molecule has 0 aromatic heterocycles. The van der Waals surface area contributed by atoms with E-state index in [1.165, 1.54) is 0 Å². The van der Waals surface area contributed by atoms with Gasteiger partial charge in [0.25, 0.3) is 0 Å². The molecule has 2 aliphatic heterocycles. The van der Waals surface area contributed by atoms with E-state index in [2.05, 4.69) is 36.3 Å². The second kappa shape index (κ2) is 9.09. The molecule has 0 aromatic carbocycles. The number of hydrogen-bond donors (Lipinski definition) is 3. The van der Waals surface area contributed by atoms with Gasteiger partial charge in [0, 0.05) is 19.1 Å². The van der Waals surface area contributed by atoms with E-state index in [1.54, 1.807) is 0 Å². The quantitative estimate of drug-likeness (QED) is 0.490. The molecule has 1 saturated heterocycles. The number of halogens is 2. The van der Waals surface area contributed by atoms with Gasteiger partial charge in [0.15, 0.2) is 0 Å². The summed E-state index contributed by atoms with van der Waals surface area (Å²) in [7, 11) is 0. The number of aliphatic hydroxyl groups is 1. The van der Waals surface area contributed by atoms with Crippen molar-refractivity contribution < 1.29 is 5.11 Å². The van der Waals surface area contributed by atoms with Gasteiger partial charge in [-0.25, -0.2) is 0 Å². The number of piperidine rings is 1. The number of alkyl halides is 1. The fraction of sp³-hybridized carbons (Fsp3) is 0.889. The normalized spacial score (nSPS) is 28.3. The molecule has 0 spiro atoms. The predicted octanol–water partition coefficient (Wildman–Crippen LogP) is 3.44. The highest BCUT2D eigenvalue weighted by molar-refractivity contribution is 6.30. The smallest absolute Gasteiger partial charge is 0.107 e. The Balaban J connectivity index is 1.63. The van der Waals surface area contributed by atoms with Crippen LogP contribution in [0, 0.1) is 11.3 Å². The molecule has 24 heavy (non-hydrogen) atoms. The van der Waals surface area contributed by atoms with Crippen molar-refractivity contribution in [2.75, 3.05) is 19.6 Å². The first kappa shape index (κ1) is 20.3. The van der Waals surface area contributed by atoms with Crippen LogP contribution in [-0.2, 0) is 0 Å². The molecule has 0 radical (unpaired) electrons. The molecule has 2 rings (SSSR count). The summed E-state index contributed by atoms with van der Waals surface area (Å²) in [6.45, 7) is 9.45. The van der Waals surface area contributed by atoms with E-state index in [4.69, 9.17) is 23.2 Å². The Hall–Kier alpha value is -0.0000000000000000555. The molecule has 4 nitrogen and oxygen atoms in total. The number of hydrogen-bond acceptors (Lipinski definition) is 4. The molecule has 0 bridgehead atoms. The van der Waals surface area contributed by atoms with E-state index in [0.29, 0.717) is 17.1 Å². The number of likely N-dealkylation sites (tertiary alicyclic amines) is 1. The first-order valence-corrected chi connectivity index (χ1v) is 9.98. The van der Waals surface area contributed by atoms with Gasteiger partial charge >= 0.3 is 0 Å². The van der Waals surface area contributed by atoms with Crippen LogP contribution in [0.25, 0.3) is 0 Å². The molecule has 140 valence electrons. The van der Waals surface area contributed by atoms with E-state index in [9.17, 15) is 5.11 Å². The van der Waals surface area contributed by atoms with Crippen LogP contribution < -0.4 is 10.6 Å². The first-order chi connectivity index (χ1) is 11.2. The molecular weight excluding hydrogens is 345 g/mol. The average Bonchev–Trinajstić information content (AvgIpc) is 2.48. The zero-order valence-corrected chi connectivity index (χ0v) is 16.7. The van der Waals surface area contributed by atoms with Crippen LogP contribution >= 0.6 is 23.2 Å². The minimum Gasteiger partial charge on any atom is -0.378 e. The molecule has 0 saturated carbocycles. The lowest BCUT2D eigenvalue weighted by Gasteiger charge is -2.37. The van der Waals surface area contributed by atoms with E-state index in [-0.39, 0.29) is 17.1 Å². The number of nitrogens with zero attached hydrogens (tertiary/aromatic N) is 1. The third-order valence-corrected chi connectivity index (χ3v) is 5.71. The summed E-state index contributed by atoms with van der Waals surface area (Å²) in [6.07, 6.45) is 6.72. The lowest BCUT2D eigenvalue weighted by molar-refractivity contribution is -0.0367. The van der Waals surface area contributed by atoms with E-state index < -0.39 is 0 Å². The number of nitrogens with one attached hydrogen (secondary N) is 2. The van der Waals surface area contributed by atoms with Crippen LogP contribution in [0.4, 0.5) is 0 Å². The van der Waals surface area contributed by atoms with Gasteiger partial charge in [0.05, 0.1) is 5.16 Å². The highest BCUT2D eigenvalue weighted by Gasteiger charge is 2.27. The summed E-state index contributed by atoms with van der Waals surface area (Å²) in [5.41, 5.74) is 0.0940. The van der Waals surface area contributed by atoms with Crippen LogP contribution in [0.3, 0.4) is 0 Å². The second-order valence-corrected chi connectivity index (χ2v) is 9.27. The van der Waals surface area contributed by atoms with Crippen molar-refractivity contribution in [2.24, 2.45) is 11.3 Å². The molecule has 2 heterocycles. The monoisotopic (exact) mass is 377 g/mol. The predicted molar refractivity (Wildman–Crippen MR) is 102 cm³/mol. The van der Waals surface area contributed by atoms with Gasteiger partial charge in [0.2, 0.25) is 0 Å². The molecule has 0 amide bonds. The lowest BCUT2D eigenvalue weighted by Crippen LogP contribution is -2.48. The Morgan fingerprint density at radius 2 is 2.04 bits per heavy atom. The van der Waals surface area contributed by atoms with Crippen LogP contribution in [0.1, 0.15) is 52.9 Å². The van der Waals surface area contributed by atoms with E-state index in [1.807, 2.05) is 6.08 Å². The molecule has 0 aliphatic carbocycles. The summed E-state index contributed by atoms with van der Waals surface area (Å²) in [6, 6.07) is 0.549. The van der Waals surface area contributed by atoms with Crippen LogP contribution in [0.15, 0.2) is 11.2 Å². The Morgan fingerprint density at radius 3 is 2.62 bits per heavy atom. The summed E-state index contributed by atoms with van der Waals surface area (Å²) < 4.78 is 0. The third kappa shape index (κ3) is 6.72. The molecule has 0 unspecified atom stereocenters. The molecule has 3 atom stereocenters. The maximum Gasteiger partial charge on any atom is 0.107 e. The summed E-state index contributed by atoms with van der Waals surface area (Å²) >= 11 is 12.2. The second-order valence-electron chi connectivity index (χ2n) is 8.39. The van der Waals surface area contributed by atoms with Gasteiger partial charge in [-0.05, 0) is 56.1 Å².